The van der Waals surface area contributed by atoms with Gasteiger partial charge in [-0.3, -0.25) is 4.72 Å². The fourth-order valence-corrected chi connectivity index (χ4v) is 2.73. The first-order valence-electron chi connectivity index (χ1n) is 5.39. The molecule has 1 aromatic heterocycles. The van der Waals surface area contributed by atoms with Gasteiger partial charge in [0.1, 0.15) is 5.82 Å². The van der Waals surface area contributed by atoms with Crippen molar-refractivity contribution in [3.05, 3.63) is 47.1 Å². The van der Waals surface area contributed by atoms with Crippen LogP contribution in [0.3, 0.4) is 0 Å². The Morgan fingerprint density at radius 1 is 1.26 bits per heavy atom. The average molecular weight is 298 g/mol. The van der Waals surface area contributed by atoms with Gasteiger partial charge in [-0.2, -0.15) is 0 Å². The van der Waals surface area contributed by atoms with Crippen LogP contribution in [-0.4, -0.2) is 13.4 Å². The molecule has 1 heterocycles. The number of hydrogen-bond acceptors (Lipinski definition) is 4. The Balaban J connectivity index is 2.35. The first-order valence-corrected chi connectivity index (χ1v) is 7.25. The normalized spacial score (nSPS) is 11.3. The van der Waals surface area contributed by atoms with Gasteiger partial charge < -0.3 is 5.73 Å². The van der Waals surface area contributed by atoms with E-state index in [1.165, 1.54) is 24.4 Å². The van der Waals surface area contributed by atoms with Gasteiger partial charge in [0.05, 0.1) is 15.6 Å². The van der Waals surface area contributed by atoms with E-state index in [1.54, 1.807) is 12.1 Å². The monoisotopic (exact) mass is 297 g/mol. The molecule has 0 saturated heterocycles. The van der Waals surface area contributed by atoms with Crippen molar-refractivity contribution in [2.75, 3.05) is 10.5 Å². The number of rotatable bonds is 3. The summed E-state index contributed by atoms with van der Waals surface area (Å²) in [6, 6.07) is 7.54. The third-order valence-corrected chi connectivity index (χ3v) is 4.12. The molecule has 0 aliphatic carbocycles. The second-order valence-electron chi connectivity index (χ2n) is 4.01. The molecule has 2 rings (SSSR count). The summed E-state index contributed by atoms with van der Waals surface area (Å²) in [5.41, 5.74) is 6.78. The number of benzene rings is 1. The van der Waals surface area contributed by atoms with Gasteiger partial charge in [0.15, 0.2) is 0 Å². The van der Waals surface area contributed by atoms with Crippen molar-refractivity contribution in [2.45, 2.75) is 11.8 Å². The number of hydrogen-bond donors (Lipinski definition) is 2. The highest BCUT2D eigenvalue weighted by Gasteiger charge is 2.16. The number of nitrogens with one attached hydrogen (secondary N) is 1. The van der Waals surface area contributed by atoms with Gasteiger partial charge in [-0.1, -0.05) is 11.6 Å². The van der Waals surface area contributed by atoms with E-state index in [0.717, 1.165) is 5.56 Å². The first-order chi connectivity index (χ1) is 8.88. The summed E-state index contributed by atoms with van der Waals surface area (Å²) in [6.45, 7) is 1.85. The van der Waals surface area contributed by atoms with Gasteiger partial charge in [-0.25, -0.2) is 13.4 Å². The molecule has 0 saturated carbocycles. The van der Waals surface area contributed by atoms with Gasteiger partial charge in [0, 0.05) is 6.20 Å². The van der Waals surface area contributed by atoms with Crippen LogP contribution in [0.25, 0.3) is 0 Å². The smallest absolute Gasteiger partial charge is 0.263 e. The van der Waals surface area contributed by atoms with Crippen LogP contribution in [0.15, 0.2) is 41.4 Å². The predicted octanol–water partition coefficient (Wildman–Crippen LogP) is 2.43. The summed E-state index contributed by atoms with van der Waals surface area (Å²) in [5.74, 6) is 0.257. The molecule has 0 aliphatic heterocycles. The van der Waals surface area contributed by atoms with Crippen molar-refractivity contribution < 1.29 is 8.42 Å². The van der Waals surface area contributed by atoms with E-state index >= 15 is 0 Å². The standard InChI is InChI=1S/C12H12ClN3O2S/c1-8-4-5-15-12(6-8)16-19(17,18)9-2-3-11(14)10(13)7-9/h2-7H,14H2,1H3,(H,15,16). The highest BCUT2D eigenvalue weighted by Crippen LogP contribution is 2.23. The lowest BCUT2D eigenvalue weighted by molar-refractivity contribution is 0.601. The number of sulfonamides is 1. The number of anilines is 2. The fourth-order valence-electron chi connectivity index (χ4n) is 1.46. The molecule has 1 aromatic carbocycles. The van der Waals surface area contributed by atoms with Crippen LogP contribution in [0, 0.1) is 6.92 Å². The lowest BCUT2D eigenvalue weighted by Gasteiger charge is -2.08. The minimum absolute atomic E-state index is 0.0370. The molecule has 0 aliphatic rings. The molecule has 0 spiro atoms. The van der Waals surface area contributed by atoms with Gasteiger partial charge >= 0.3 is 0 Å². The van der Waals surface area contributed by atoms with Gasteiger partial charge in [-0.15, -0.1) is 0 Å². The van der Waals surface area contributed by atoms with Crippen LogP contribution in [0.4, 0.5) is 11.5 Å². The van der Waals surface area contributed by atoms with Gasteiger partial charge in [0.2, 0.25) is 0 Å². The highest BCUT2D eigenvalue weighted by atomic mass is 35.5. The Bertz CT molecular complexity index is 717. The summed E-state index contributed by atoms with van der Waals surface area (Å²) < 4.78 is 26.6. The molecule has 3 N–H and O–H groups in total. The molecule has 5 nitrogen and oxygen atoms in total. The maximum atomic E-state index is 12.1. The molecule has 19 heavy (non-hydrogen) atoms. The zero-order valence-corrected chi connectivity index (χ0v) is 11.7. The maximum absolute atomic E-state index is 12.1. The summed E-state index contributed by atoms with van der Waals surface area (Å²) in [7, 11) is -3.72. The number of nitrogens with two attached hydrogens (primary N) is 1. The molecule has 0 atom stereocenters. The average Bonchev–Trinajstić information content (AvgIpc) is 2.32. The number of halogens is 1. The molecule has 0 amide bonds. The van der Waals surface area contributed by atoms with E-state index in [0.29, 0.717) is 5.69 Å². The molecule has 0 radical (unpaired) electrons. The largest absolute Gasteiger partial charge is 0.398 e. The van der Waals surface area contributed by atoms with Crippen molar-refractivity contribution in [1.29, 1.82) is 0 Å². The van der Waals surface area contributed by atoms with Crippen molar-refractivity contribution >= 4 is 33.1 Å². The molecule has 0 unspecified atom stereocenters. The SMILES string of the molecule is Cc1ccnc(NS(=O)(=O)c2ccc(N)c(Cl)c2)c1. The van der Waals surface area contributed by atoms with E-state index in [9.17, 15) is 8.42 Å². The van der Waals surface area contributed by atoms with Crippen LogP contribution in [0.2, 0.25) is 5.02 Å². The minimum atomic E-state index is -3.72. The molecule has 0 fully saturated rings. The topological polar surface area (TPSA) is 85.1 Å². The van der Waals surface area contributed by atoms with Crippen LogP contribution >= 0.6 is 11.6 Å². The number of pyridine rings is 1. The van der Waals surface area contributed by atoms with E-state index in [4.69, 9.17) is 17.3 Å². The predicted molar refractivity (Wildman–Crippen MR) is 75.6 cm³/mol. The Hall–Kier alpha value is -1.79. The molecular weight excluding hydrogens is 286 g/mol. The van der Waals surface area contributed by atoms with Crippen LogP contribution < -0.4 is 10.5 Å². The molecular formula is C12H12ClN3O2S. The second kappa shape index (κ2) is 5.07. The van der Waals surface area contributed by atoms with Crippen LogP contribution in [0.1, 0.15) is 5.56 Å². The Morgan fingerprint density at radius 2 is 2.00 bits per heavy atom. The lowest BCUT2D eigenvalue weighted by Crippen LogP contribution is -2.14. The number of nitrogen functional groups attached to an aromatic ring is 1. The maximum Gasteiger partial charge on any atom is 0.263 e. The third-order valence-electron chi connectivity index (χ3n) is 2.44. The quantitative estimate of drug-likeness (QED) is 0.852. The van der Waals surface area contributed by atoms with E-state index in [2.05, 4.69) is 9.71 Å². The van der Waals surface area contributed by atoms with Crippen LogP contribution in [0.5, 0.6) is 0 Å². The van der Waals surface area contributed by atoms with E-state index in [1.807, 2.05) is 6.92 Å². The zero-order chi connectivity index (χ0) is 14.0. The van der Waals surface area contributed by atoms with E-state index in [-0.39, 0.29) is 15.7 Å². The fraction of sp³-hybridized carbons (Fsp3) is 0.0833. The summed E-state index contributed by atoms with van der Waals surface area (Å²) in [4.78, 5) is 3.98. The minimum Gasteiger partial charge on any atom is -0.398 e. The number of nitrogens with zero attached hydrogens (tertiary/aromatic N) is 1. The van der Waals surface area contributed by atoms with E-state index < -0.39 is 10.0 Å². The van der Waals surface area contributed by atoms with Crippen molar-refractivity contribution in [2.24, 2.45) is 0 Å². The molecule has 7 heteroatoms. The lowest BCUT2D eigenvalue weighted by atomic mass is 10.3. The Labute approximate surface area is 116 Å². The first kappa shape index (κ1) is 13.6. The van der Waals surface area contributed by atoms with Crippen molar-refractivity contribution in [3.63, 3.8) is 0 Å². The summed E-state index contributed by atoms with van der Waals surface area (Å²) in [5, 5.41) is 0.195. The third kappa shape index (κ3) is 3.15. The Kier molecular flexibility index (Phi) is 3.64. The highest BCUT2D eigenvalue weighted by molar-refractivity contribution is 7.92. The van der Waals surface area contributed by atoms with Crippen LogP contribution in [-0.2, 0) is 10.0 Å². The second-order valence-corrected chi connectivity index (χ2v) is 6.10. The molecule has 100 valence electrons. The summed E-state index contributed by atoms with van der Waals surface area (Å²) >= 11 is 5.82. The van der Waals surface area contributed by atoms with Gasteiger partial charge in [-0.05, 0) is 42.8 Å². The van der Waals surface area contributed by atoms with Gasteiger partial charge in [0.25, 0.3) is 10.0 Å². The zero-order valence-electron chi connectivity index (χ0n) is 10.1. The number of aromatic nitrogens is 1. The van der Waals surface area contributed by atoms with Crippen molar-refractivity contribution in [3.8, 4) is 0 Å². The molecule has 2 aromatic rings. The van der Waals surface area contributed by atoms with Crippen molar-refractivity contribution in [1.82, 2.24) is 4.98 Å². The molecule has 0 bridgehead atoms. The Morgan fingerprint density at radius 3 is 2.63 bits per heavy atom. The number of aryl methyl sites for hydroxylation is 1. The summed E-state index contributed by atoms with van der Waals surface area (Å²) in [6.07, 6.45) is 1.53.